The van der Waals surface area contributed by atoms with E-state index in [2.05, 4.69) is 36.8 Å². The van der Waals surface area contributed by atoms with Gasteiger partial charge in [0.25, 0.3) is 0 Å². The maximum absolute atomic E-state index is 10.8. The normalized spacial score (nSPS) is 18.2. The molecule has 0 radical (unpaired) electrons. The molecule has 0 N–H and O–H groups in total. The van der Waals surface area contributed by atoms with Gasteiger partial charge in [0.2, 0.25) is 5.95 Å². The molecule has 40 heavy (non-hydrogen) atoms. The molecule has 2 fully saturated rings. The maximum Gasteiger partial charge on any atom is 0.239 e. The van der Waals surface area contributed by atoms with Gasteiger partial charge in [0.15, 0.2) is 17.0 Å². The highest BCUT2D eigenvalue weighted by Crippen LogP contribution is 2.28. The molecule has 2 aliphatic heterocycles. The van der Waals surface area contributed by atoms with Gasteiger partial charge in [-0.2, -0.15) is 9.97 Å². The van der Waals surface area contributed by atoms with Crippen LogP contribution in [0.1, 0.15) is 25.0 Å². The lowest BCUT2D eigenvalue weighted by molar-refractivity contribution is 0.122. The summed E-state index contributed by atoms with van der Waals surface area (Å²) in [5, 5.41) is 0. The minimum Gasteiger partial charge on any atom is -0.772 e. The molecule has 1 aromatic carbocycles. The highest BCUT2D eigenvalue weighted by atomic mass is 32.2. The number of rotatable bonds is 9. The lowest BCUT2D eigenvalue weighted by Crippen LogP contribution is -2.46. The monoisotopic (exact) mass is 566 g/mol. The molecule has 0 aliphatic carbocycles. The van der Waals surface area contributed by atoms with Crippen molar-refractivity contribution >= 4 is 39.1 Å². The van der Waals surface area contributed by atoms with Gasteiger partial charge in [-0.1, -0.05) is 30.1 Å². The van der Waals surface area contributed by atoms with Crippen LogP contribution in [-0.4, -0.2) is 112 Å². The van der Waals surface area contributed by atoms with Gasteiger partial charge in [0.1, 0.15) is 11.6 Å². The topological polar surface area (TPSA) is 121 Å². The Kier molecular flexibility index (Phi) is 8.08. The number of fused-ring (bicyclic) bond motifs is 2. The highest BCUT2D eigenvalue weighted by Gasteiger charge is 2.25. The number of hydrogen-bond donors (Lipinski definition) is 0. The summed E-state index contributed by atoms with van der Waals surface area (Å²) in [6.45, 7) is 10.1. The smallest absolute Gasteiger partial charge is 0.239 e. The van der Waals surface area contributed by atoms with E-state index < -0.39 is 11.1 Å². The third-order valence-electron chi connectivity index (χ3n) is 7.85. The third-order valence-corrected chi connectivity index (χ3v) is 8.48. The van der Waals surface area contributed by atoms with Crippen molar-refractivity contribution in [3.63, 3.8) is 0 Å². The average molecular weight is 567 g/mol. The minimum atomic E-state index is -1.96. The number of benzene rings is 1. The van der Waals surface area contributed by atoms with Crippen LogP contribution in [0.2, 0.25) is 0 Å². The van der Waals surface area contributed by atoms with Crippen molar-refractivity contribution in [1.82, 2.24) is 38.9 Å². The summed E-state index contributed by atoms with van der Waals surface area (Å²) in [4.78, 5) is 27.2. The standard InChI is InChI=1S/C27H37N9O3S/c1-3-22-28-20-7-4-5-8-21(20)36(22)27-30-25-24(26(31-27)35-14-16-39-17-15-35)29-23(32(25)2)19-34-12-10-33(11-13-34)9-6-18-40(37)38/h4-5,7-8H,3,6,9-19H2,1-2H3,(H,37,38)/p-1. The van der Waals surface area contributed by atoms with Crippen LogP contribution >= 0.6 is 0 Å². The Morgan fingerprint density at radius 1 is 0.950 bits per heavy atom. The number of anilines is 1. The second-order valence-corrected chi connectivity index (χ2v) is 11.4. The van der Waals surface area contributed by atoms with Gasteiger partial charge in [0.05, 0.1) is 30.8 Å². The van der Waals surface area contributed by atoms with Gasteiger partial charge in [-0.15, -0.1) is 0 Å². The summed E-state index contributed by atoms with van der Waals surface area (Å²) in [6, 6.07) is 8.12. The summed E-state index contributed by atoms with van der Waals surface area (Å²) in [7, 11) is 2.04. The van der Waals surface area contributed by atoms with Crippen molar-refractivity contribution in [3.8, 4) is 5.95 Å². The Labute approximate surface area is 236 Å². The van der Waals surface area contributed by atoms with Gasteiger partial charge in [-0.05, 0) is 25.1 Å². The maximum atomic E-state index is 10.8. The Morgan fingerprint density at radius 2 is 1.70 bits per heavy atom. The van der Waals surface area contributed by atoms with Gasteiger partial charge in [-0.25, -0.2) is 9.97 Å². The molecule has 6 rings (SSSR count). The van der Waals surface area contributed by atoms with Crippen molar-refractivity contribution in [1.29, 1.82) is 0 Å². The summed E-state index contributed by atoms with van der Waals surface area (Å²) < 4.78 is 31.5. The molecule has 0 amide bonds. The number of aromatic nitrogens is 6. The summed E-state index contributed by atoms with van der Waals surface area (Å²) in [5.41, 5.74) is 3.55. The van der Waals surface area contributed by atoms with Crippen LogP contribution in [-0.2, 0) is 35.8 Å². The fourth-order valence-corrected chi connectivity index (χ4v) is 6.00. The summed E-state index contributed by atoms with van der Waals surface area (Å²) in [5.74, 6) is 3.56. The van der Waals surface area contributed by atoms with Gasteiger partial charge < -0.3 is 23.7 Å². The lowest BCUT2D eigenvalue weighted by Gasteiger charge is -2.34. The number of ether oxygens (including phenoxy) is 1. The number of morpholine rings is 1. The first kappa shape index (κ1) is 27.2. The minimum absolute atomic E-state index is 0.225. The number of nitrogens with zero attached hydrogens (tertiary/aromatic N) is 9. The van der Waals surface area contributed by atoms with Crippen molar-refractivity contribution in [3.05, 3.63) is 35.9 Å². The zero-order chi connectivity index (χ0) is 27.6. The summed E-state index contributed by atoms with van der Waals surface area (Å²) in [6.07, 6.45) is 1.44. The van der Waals surface area contributed by atoms with Crippen molar-refractivity contribution in [2.75, 3.05) is 69.7 Å². The van der Waals surface area contributed by atoms with Crippen LogP contribution in [0.3, 0.4) is 0 Å². The van der Waals surface area contributed by atoms with E-state index >= 15 is 0 Å². The van der Waals surface area contributed by atoms with E-state index in [1.54, 1.807) is 0 Å². The lowest BCUT2D eigenvalue weighted by atomic mass is 10.3. The van der Waals surface area contributed by atoms with Crippen molar-refractivity contribution in [2.24, 2.45) is 7.05 Å². The van der Waals surface area contributed by atoms with E-state index in [1.165, 1.54) is 0 Å². The average Bonchev–Trinajstić information content (AvgIpc) is 3.51. The first-order chi connectivity index (χ1) is 19.5. The van der Waals surface area contributed by atoms with E-state index in [-0.39, 0.29) is 5.75 Å². The Bertz CT molecular complexity index is 1510. The molecular formula is C27H36N9O3S-. The molecule has 2 saturated heterocycles. The molecule has 0 saturated carbocycles. The zero-order valence-electron chi connectivity index (χ0n) is 23.2. The van der Waals surface area contributed by atoms with E-state index in [1.807, 2.05) is 25.2 Å². The molecule has 214 valence electrons. The highest BCUT2D eigenvalue weighted by molar-refractivity contribution is 7.79. The van der Waals surface area contributed by atoms with Crippen LogP contribution in [0.25, 0.3) is 28.1 Å². The largest absolute Gasteiger partial charge is 0.772 e. The number of aryl methyl sites for hydroxylation is 2. The first-order valence-electron chi connectivity index (χ1n) is 14.0. The van der Waals surface area contributed by atoms with Crippen LogP contribution in [0.5, 0.6) is 0 Å². The molecule has 3 aromatic heterocycles. The molecule has 1 unspecified atom stereocenters. The van der Waals surface area contributed by atoms with Gasteiger partial charge in [0, 0.05) is 58.5 Å². The molecular weight excluding hydrogens is 530 g/mol. The van der Waals surface area contributed by atoms with Crippen molar-refractivity contribution in [2.45, 2.75) is 26.3 Å². The second-order valence-electron chi connectivity index (χ2n) is 10.4. The number of imidazole rings is 2. The van der Waals surface area contributed by atoms with Gasteiger partial charge in [-0.3, -0.25) is 13.7 Å². The first-order valence-corrected chi connectivity index (χ1v) is 15.3. The second kappa shape index (κ2) is 11.9. The number of para-hydroxylation sites is 2. The fraction of sp³-hybridized carbons (Fsp3) is 0.556. The Balaban J connectivity index is 1.32. The van der Waals surface area contributed by atoms with E-state index in [0.29, 0.717) is 25.6 Å². The van der Waals surface area contributed by atoms with E-state index in [9.17, 15) is 8.76 Å². The van der Waals surface area contributed by atoms with E-state index in [4.69, 9.17) is 24.7 Å². The zero-order valence-corrected chi connectivity index (χ0v) is 24.0. The molecule has 12 nitrogen and oxygen atoms in total. The van der Waals surface area contributed by atoms with E-state index in [0.717, 1.165) is 98.4 Å². The number of hydrogen-bond acceptors (Lipinski definition) is 10. The van der Waals surface area contributed by atoms with Gasteiger partial charge >= 0.3 is 0 Å². The fourth-order valence-electron chi connectivity index (χ4n) is 5.63. The number of piperazine rings is 1. The molecule has 4 aromatic rings. The van der Waals surface area contributed by atoms with Crippen LogP contribution in [0, 0.1) is 0 Å². The quantitative estimate of drug-likeness (QED) is 0.276. The molecule has 0 spiro atoms. The van der Waals surface area contributed by atoms with Crippen LogP contribution in [0.4, 0.5) is 5.82 Å². The molecule has 5 heterocycles. The molecule has 13 heteroatoms. The third kappa shape index (κ3) is 5.48. The SMILES string of the molecule is CCc1nc2ccccc2n1-c1nc(N2CCOCC2)c2nc(CN3CCN(CCCS(=O)[O-])CC3)n(C)c2n1. The Hall–Kier alpha value is -2.97. The molecule has 2 aliphatic rings. The molecule has 1 atom stereocenters. The Morgan fingerprint density at radius 3 is 2.45 bits per heavy atom. The van der Waals surface area contributed by atoms with Crippen LogP contribution < -0.4 is 4.90 Å². The summed E-state index contributed by atoms with van der Waals surface area (Å²) >= 11 is -1.96. The predicted octanol–water partition coefficient (Wildman–Crippen LogP) is 1.49. The molecule has 0 bridgehead atoms. The van der Waals surface area contributed by atoms with Crippen molar-refractivity contribution < 1.29 is 13.5 Å². The van der Waals surface area contributed by atoms with Crippen LogP contribution in [0.15, 0.2) is 24.3 Å². The predicted molar refractivity (Wildman–Crippen MR) is 153 cm³/mol.